The monoisotopic (exact) mass is 284 g/mol. The molecule has 19 heavy (non-hydrogen) atoms. The standard InChI is InChI=1S/C15H28N2OS/c1-3-15(4-2)11-13(9-10-18-15)17-14(19)16-12-7-5-6-8-12/h12-13H,3-11H2,1-2H3,(H2,16,17,19). The summed E-state index contributed by atoms with van der Waals surface area (Å²) in [5, 5.41) is 7.83. The molecular formula is C15H28N2OS. The highest BCUT2D eigenvalue weighted by Crippen LogP contribution is 2.31. The Bertz CT molecular complexity index is 299. The van der Waals surface area contributed by atoms with E-state index in [-0.39, 0.29) is 5.60 Å². The number of hydrogen-bond donors (Lipinski definition) is 2. The zero-order chi connectivity index (χ0) is 13.7. The summed E-state index contributed by atoms with van der Waals surface area (Å²) in [6.07, 6.45) is 9.53. The average Bonchev–Trinajstić information content (AvgIpc) is 2.91. The van der Waals surface area contributed by atoms with Crippen LogP contribution in [0.4, 0.5) is 0 Å². The highest BCUT2D eigenvalue weighted by molar-refractivity contribution is 7.80. The van der Waals surface area contributed by atoms with Gasteiger partial charge in [0.15, 0.2) is 5.11 Å². The lowest BCUT2D eigenvalue weighted by Crippen LogP contribution is -2.51. The largest absolute Gasteiger partial charge is 0.375 e. The van der Waals surface area contributed by atoms with Crippen molar-refractivity contribution in [3.8, 4) is 0 Å². The first-order valence-electron chi connectivity index (χ1n) is 7.88. The van der Waals surface area contributed by atoms with Gasteiger partial charge in [0.05, 0.1) is 5.60 Å². The molecule has 1 saturated heterocycles. The molecule has 1 saturated carbocycles. The van der Waals surface area contributed by atoms with Crippen molar-refractivity contribution >= 4 is 17.3 Å². The van der Waals surface area contributed by atoms with E-state index >= 15 is 0 Å². The van der Waals surface area contributed by atoms with Gasteiger partial charge in [-0.05, 0) is 50.7 Å². The molecule has 1 aliphatic heterocycles. The lowest BCUT2D eigenvalue weighted by atomic mass is 9.86. The van der Waals surface area contributed by atoms with Crippen LogP contribution in [0.15, 0.2) is 0 Å². The second kappa shape index (κ2) is 6.89. The predicted octanol–water partition coefficient (Wildman–Crippen LogP) is 3.13. The van der Waals surface area contributed by atoms with Crippen LogP contribution in [0.1, 0.15) is 65.2 Å². The fraction of sp³-hybridized carbons (Fsp3) is 0.933. The molecule has 0 aromatic rings. The maximum atomic E-state index is 6.01. The first kappa shape index (κ1) is 15.0. The molecule has 2 fully saturated rings. The summed E-state index contributed by atoms with van der Waals surface area (Å²) in [5.41, 5.74) is 0.0683. The minimum Gasteiger partial charge on any atom is -0.375 e. The van der Waals surface area contributed by atoms with Crippen LogP contribution >= 0.6 is 12.2 Å². The molecule has 4 heteroatoms. The third kappa shape index (κ3) is 4.06. The van der Waals surface area contributed by atoms with Gasteiger partial charge in [-0.2, -0.15) is 0 Å². The van der Waals surface area contributed by atoms with Gasteiger partial charge in [-0.1, -0.05) is 26.7 Å². The zero-order valence-electron chi connectivity index (χ0n) is 12.3. The van der Waals surface area contributed by atoms with Crippen LogP contribution in [0.2, 0.25) is 0 Å². The summed E-state index contributed by atoms with van der Waals surface area (Å²) in [7, 11) is 0. The second-order valence-electron chi connectivity index (χ2n) is 6.03. The van der Waals surface area contributed by atoms with Crippen LogP contribution in [0.25, 0.3) is 0 Å². The molecule has 0 radical (unpaired) electrons. The molecule has 110 valence electrons. The van der Waals surface area contributed by atoms with Gasteiger partial charge in [-0.25, -0.2) is 0 Å². The van der Waals surface area contributed by atoms with E-state index in [1.807, 2.05) is 0 Å². The van der Waals surface area contributed by atoms with Crippen molar-refractivity contribution in [2.75, 3.05) is 6.61 Å². The quantitative estimate of drug-likeness (QED) is 0.777. The van der Waals surface area contributed by atoms with Crippen LogP contribution in [0.5, 0.6) is 0 Å². The highest BCUT2D eigenvalue weighted by atomic mass is 32.1. The Morgan fingerprint density at radius 2 is 1.74 bits per heavy atom. The molecular weight excluding hydrogens is 256 g/mol. The topological polar surface area (TPSA) is 33.3 Å². The van der Waals surface area contributed by atoms with Gasteiger partial charge in [0.2, 0.25) is 0 Å². The van der Waals surface area contributed by atoms with Crippen molar-refractivity contribution in [2.24, 2.45) is 0 Å². The maximum Gasteiger partial charge on any atom is 0.166 e. The molecule has 0 aromatic carbocycles. The van der Waals surface area contributed by atoms with E-state index in [1.165, 1.54) is 25.7 Å². The van der Waals surface area contributed by atoms with Crippen molar-refractivity contribution in [2.45, 2.75) is 82.9 Å². The molecule has 1 unspecified atom stereocenters. The molecule has 0 spiro atoms. The Balaban J connectivity index is 1.79. The van der Waals surface area contributed by atoms with E-state index < -0.39 is 0 Å². The van der Waals surface area contributed by atoms with Gasteiger partial charge >= 0.3 is 0 Å². The molecule has 0 bridgehead atoms. The Labute approximate surface area is 122 Å². The van der Waals surface area contributed by atoms with E-state index in [1.54, 1.807) is 0 Å². The molecule has 0 amide bonds. The Morgan fingerprint density at radius 3 is 2.37 bits per heavy atom. The number of rotatable bonds is 4. The van der Waals surface area contributed by atoms with E-state index in [0.717, 1.165) is 37.4 Å². The van der Waals surface area contributed by atoms with Gasteiger partial charge in [-0.15, -0.1) is 0 Å². The third-order valence-corrected chi connectivity index (χ3v) is 5.04. The molecule has 1 heterocycles. The van der Waals surface area contributed by atoms with Gasteiger partial charge in [0, 0.05) is 18.7 Å². The SMILES string of the molecule is CCC1(CC)CC(NC(=S)NC2CCCC2)CCO1. The summed E-state index contributed by atoms with van der Waals surface area (Å²) < 4.78 is 6.01. The van der Waals surface area contributed by atoms with Crippen LogP contribution in [-0.2, 0) is 4.74 Å². The molecule has 2 aliphatic rings. The lowest BCUT2D eigenvalue weighted by molar-refractivity contribution is -0.0910. The number of thiocarbonyl (C=S) groups is 1. The molecule has 2 rings (SSSR count). The Hall–Kier alpha value is -0.350. The Kier molecular flexibility index (Phi) is 5.46. The predicted molar refractivity (Wildman–Crippen MR) is 83.4 cm³/mol. The van der Waals surface area contributed by atoms with Crippen LogP contribution in [0.3, 0.4) is 0 Å². The molecule has 2 N–H and O–H groups in total. The first-order chi connectivity index (χ1) is 9.17. The summed E-state index contributed by atoms with van der Waals surface area (Å²) in [5.74, 6) is 0. The smallest absolute Gasteiger partial charge is 0.166 e. The minimum atomic E-state index is 0.0683. The van der Waals surface area contributed by atoms with Crippen LogP contribution < -0.4 is 10.6 Å². The van der Waals surface area contributed by atoms with Gasteiger partial charge in [-0.3, -0.25) is 0 Å². The Morgan fingerprint density at radius 1 is 1.11 bits per heavy atom. The fourth-order valence-electron chi connectivity index (χ4n) is 3.38. The van der Waals surface area contributed by atoms with Crippen molar-refractivity contribution in [3.05, 3.63) is 0 Å². The van der Waals surface area contributed by atoms with E-state index in [2.05, 4.69) is 24.5 Å². The lowest BCUT2D eigenvalue weighted by Gasteiger charge is -2.40. The van der Waals surface area contributed by atoms with Gasteiger partial charge in [0.25, 0.3) is 0 Å². The maximum absolute atomic E-state index is 6.01. The van der Waals surface area contributed by atoms with E-state index in [4.69, 9.17) is 17.0 Å². The summed E-state index contributed by atoms with van der Waals surface area (Å²) >= 11 is 5.46. The zero-order valence-corrected chi connectivity index (χ0v) is 13.2. The van der Waals surface area contributed by atoms with E-state index in [0.29, 0.717) is 12.1 Å². The summed E-state index contributed by atoms with van der Waals surface area (Å²) in [6.45, 7) is 5.30. The van der Waals surface area contributed by atoms with Crippen LogP contribution in [-0.4, -0.2) is 29.4 Å². The summed E-state index contributed by atoms with van der Waals surface area (Å²) in [4.78, 5) is 0. The highest BCUT2D eigenvalue weighted by Gasteiger charge is 2.34. The normalized spacial score (nSPS) is 27.2. The van der Waals surface area contributed by atoms with Crippen molar-refractivity contribution in [3.63, 3.8) is 0 Å². The third-order valence-electron chi connectivity index (χ3n) is 4.81. The van der Waals surface area contributed by atoms with Gasteiger partial charge in [0.1, 0.15) is 0 Å². The molecule has 3 nitrogen and oxygen atoms in total. The minimum absolute atomic E-state index is 0.0683. The summed E-state index contributed by atoms with van der Waals surface area (Å²) in [6, 6.07) is 1.07. The van der Waals surface area contributed by atoms with Crippen molar-refractivity contribution in [1.29, 1.82) is 0 Å². The first-order valence-corrected chi connectivity index (χ1v) is 8.29. The number of ether oxygens (including phenoxy) is 1. The number of hydrogen-bond acceptors (Lipinski definition) is 2. The fourth-order valence-corrected chi connectivity index (χ4v) is 3.71. The van der Waals surface area contributed by atoms with E-state index in [9.17, 15) is 0 Å². The molecule has 0 aromatic heterocycles. The van der Waals surface area contributed by atoms with Crippen LogP contribution in [0, 0.1) is 0 Å². The average molecular weight is 284 g/mol. The number of nitrogens with one attached hydrogen (secondary N) is 2. The van der Waals surface area contributed by atoms with Crippen molar-refractivity contribution in [1.82, 2.24) is 10.6 Å². The second-order valence-corrected chi connectivity index (χ2v) is 6.44. The molecule has 1 aliphatic carbocycles. The molecule has 1 atom stereocenters. The van der Waals surface area contributed by atoms with Crippen molar-refractivity contribution < 1.29 is 4.74 Å². The van der Waals surface area contributed by atoms with Gasteiger partial charge < -0.3 is 15.4 Å².